The fraction of sp³-hybridized carbons (Fsp3) is 0.273. The molecule has 1 aliphatic heterocycles. The van der Waals surface area contributed by atoms with E-state index >= 15 is 0 Å². The predicted molar refractivity (Wildman–Crippen MR) is 112 cm³/mol. The maximum absolute atomic E-state index is 14.6. The lowest BCUT2D eigenvalue weighted by molar-refractivity contribution is -0.166. The van der Waals surface area contributed by atoms with E-state index < -0.39 is 21.6 Å². The van der Waals surface area contributed by atoms with Gasteiger partial charge in [-0.2, -0.15) is 0 Å². The van der Waals surface area contributed by atoms with Crippen molar-refractivity contribution in [3.8, 4) is 5.75 Å². The van der Waals surface area contributed by atoms with Gasteiger partial charge in [-0.15, -0.1) is 0 Å². The van der Waals surface area contributed by atoms with Gasteiger partial charge in [-0.25, -0.2) is 12.8 Å². The number of rotatable bonds is 5. The summed E-state index contributed by atoms with van der Waals surface area (Å²) < 4.78 is 59.2. The number of sulfonamides is 1. The molecule has 2 aromatic rings. The number of nitrogens with zero attached hydrogens (tertiary/aromatic N) is 1. The van der Waals surface area contributed by atoms with Gasteiger partial charge in [0.15, 0.2) is 17.4 Å². The maximum Gasteiger partial charge on any atom is 0.264 e. The molecule has 2 aliphatic rings. The summed E-state index contributed by atoms with van der Waals surface area (Å²) in [4.78, 5) is 0.111. The molecule has 0 saturated carbocycles. The van der Waals surface area contributed by atoms with Gasteiger partial charge in [0, 0.05) is 32.3 Å². The predicted octanol–water partition coefficient (Wildman–Crippen LogP) is 3.84. The highest BCUT2D eigenvalue weighted by Gasteiger charge is 2.43. The van der Waals surface area contributed by atoms with Crippen LogP contribution < -0.4 is 9.04 Å². The number of benzene rings is 2. The van der Waals surface area contributed by atoms with Crippen LogP contribution in [0.3, 0.4) is 0 Å². The Bertz CT molecular complexity index is 1140. The summed E-state index contributed by atoms with van der Waals surface area (Å²) >= 11 is 0. The molecule has 0 spiro atoms. The van der Waals surface area contributed by atoms with Gasteiger partial charge < -0.3 is 14.2 Å². The summed E-state index contributed by atoms with van der Waals surface area (Å²) in [7, 11) is 0.403. The number of ether oxygens (including phenoxy) is 3. The SMILES string of the molecule is COc1cc2c(cc1F)C1=C(C=CC(OC)(OC)C1)S(=O)(=O)N2Cc1ccccc1. The lowest BCUT2D eigenvalue weighted by Crippen LogP contribution is -2.40. The summed E-state index contributed by atoms with van der Waals surface area (Å²) in [5.41, 5.74) is 2.08. The van der Waals surface area contributed by atoms with Crippen molar-refractivity contribution < 1.29 is 27.0 Å². The molecule has 1 heterocycles. The quantitative estimate of drug-likeness (QED) is 0.673. The van der Waals surface area contributed by atoms with Crippen LogP contribution >= 0.6 is 0 Å². The van der Waals surface area contributed by atoms with Crippen LogP contribution in [0.15, 0.2) is 59.5 Å². The summed E-state index contributed by atoms with van der Waals surface area (Å²) in [6, 6.07) is 12.0. The minimum atomic E-state index is -3.90. The third-order valence-electron chi connectivity index (χ3n) is 5.50. The average molecular weight is 431 g/mol. The molecule has 4 rings (SSSR count). The summed E-state index contributed by atoms with van der Waals surface area (Å²) in [5, 5.41) is 0. The number of fused-ring (bicyclic) bond motifs is 2. The number of methoxy groups -OCH3 is 3. The number of halogens is 1. The fourth-order valence-electron chi connectivity index (χ4n) is 3.84. The zero-order chi connectivity index (χ0) is 21.5. The molecule has 0 saturated heterocycles. The van der Waals surface area contributed by atoms with Crippen LogP contribution in [0, 0.1) is 5.82 Å². The summed E-state index contributed by atoms with van der Waals surface area (Å²) in [6.07, 6.45) is 3.18. The first-order chi connectivity index (χ1) is 14.3. The number of hydrogen-bond acceptors (Lipinski definition) is 5. The second-order valence-electron chi connectivity index (χ2n) is 7.07. The van der Waals surface area contributed by atoms with E-state index in [0.29, 0.717) is 16.8 Å². The molecule has 0 N–H and O–H groups in total. The number of hydrogen-bond donors (Lipinski definition) is 0. The number of anilines is 1. The lowest BCUT2D eigenvalue weighted by Gasteiger charge is -2.38. The van der Waals surface area contributed by atoms with Crippen molar-refractivity contribution in [2.24, 2.45) is 0 Å². The molecular weight excluding hydrogens is 409 g/mol. The largest absolute Gasteiger partial charge is 0.494 e. The van der Waals surface area contributed by atoms with Crippen molar-refractivity contribution in [2.45, 2.75) is 18.8 Å². The Morgan fingerprint density at radius 2 is 1.80 bits per heavy atom. The highest BCUT2D eigenvalue weighted by Crippen LogP contribution is 2.48. The molecule has 30 heavy (non-hydrogen) atoms. The Labute approximate surface area is 175 Å². The molecular formula is C22H22FNO5S. The minimum absolute atomic E-state index is 0.0258. The zero-order valence-electron chi connectivity index (χ0n) is 16.9. The Morgan fingerprint density at radius 1 is 1.10 bits per heavy atom. The van der Waals surface area contributed by atoms with Crippen LogP contribution in [-0.4, -0.2) is 35.5 Å². The second-order valence-corrected chi connectivity index (χ2v) is 8.90. The van der Waals surface area contributed by atoms with Crippen molar-refractivity contribution in [3.63, 3.8) is 0 Å². The van der Waals surface area contributed by atoms with Gasteiger partial charge in [0.2, 0.25) is 0 Å². The van der Waals surface area contributed by atoms with E-state index in [4.69, 9.17) is 14.2 Å². The van der Waals surface area contributed by atoms with Crippen LogP contribution in [0.5, 0.6) is 5.75 Å². The van der Waals surface area contributed by atoms with Crippen LogP contribution in [0.4, 0.5) is 10.1 Å². The Morgan fingerprint density at radius 3 is 2.43 bits per heavy atom. The zero-order valence-corrected chi connectivity index (χ0v) is 17.7. The molecule has 0 aromatic heterocycles. The highest BCUT2D eigenvalue weighted by molar-refractivity contribution is 7.97. The van der Waals surface area contributed by atoms with Gasteiger partial charge in [-0.05, 0) is 29.4 Å². The molecule has 0 fully saturated rings. The van der Waals surface area contributed by atoms with Gasteiger partial charge in [-0.1, -0.05) is 30.3 Å². The second kappa shape index (κ2) is 7.54. The van der Waals surface area contributed by atoms with Crippen molar-refractivity contribution >= 4 is 21.3 Å². The van der Waals surface area contributed by atoms with E-state index in [9.17, 15) is 12.8 Å². The average Bonchev–Trinajstić information content (AvgIpc) is 2.77. The van der Waals surface area contributed by atoms with Crippen molar-refractivity contribution in [1.82, 2.24) is 0 Å². The van der Waals surface area contributed by atoms with Crippen molar-refractivity contribution in [3.05, 3.63) is 76.5 Å². The van der Waals surface area contributed by atoms with Gasteiger partial charge in [0.25, 0.3) is 10.0 Å². The molecule has 2 aromatic carbocycles. The molecule has 0 unspecified atom stereocenters. The van der Waals surface area contributed by atoms with Gasteiger partial charge >= 0.3 is 0 Å². The molecule has 8 heteroatoms. The van der Waals surface area contributed by atoms with Gasteiger partial charge in [-0.3, -0.25) is 4.31 Å². The third-order valence-corrected chi connectivity index (χ3v) is 7.35. The maximum atomic E-state index is 14.6. The molecule has 0 atom stereocenters. The van der Waals surface area contributed by atoms with E-state index in [0.717, 1.165) is 5.56 Å². The topological polar surface area (TPSA) is 65.1 Å². The summed E-state index contributed by atoms with van der Waals surface area (Å²) in [6.45, 7) is 0.106. The molecule has 0 radical (unpaired) electrons. The molecule has 0 bridgehead atoms. The summed E-state index contributed by atoms with van der Waals surface area (Å²) in [5.74, 6) is -1.72. The van der Waals surface area contributed by atoms with E-state index in [-0.39, 0.29) is 23.6 Å². The van der Waals surface area contributed by atoms with Crippen LogP contribution in [-0.2, 0) is 26.0 Å². The van der Waals surface area contributed by atoms with Crippen molar-refractivity contribution in [1.29, 1.82) is 0 Å². The Balaban J connectivity index is 1.94. The van der Waals surface area contributed by atoms with Gasteiger partial charge in [0.05, 0.1) is 24.2 Å². The standard InChI is InChI=1S/C22H22FNO5S/c1-27-20-12-19-16(11-18(20)23)17-13-22(28-2,29-3)10-9-21(17)30(25,26)24(19)14-15-7-5-4-6-8-15/h4-12H,13-14H2,1-3H3. The van der Waals surface area contributed by atoms with Crippen LogP contribution in [0.2, 0.25) is 0 Å². The van der Waals surface area contributed by atoms with E-state index in [2.05, 4.69) is 0 Å². The van der Waals surface area contributed by atoms with Gasteiger partial charge in [0.1, 0.15) is 0 Å². The van der Waals surface area contributed by atoms with Crippen LogP contribution in [0.1, 0.15) is 17.5 Å². The molecule has 158 valence electrons. The lowest BCUT2D eigenvalue weighted by atomic mass is 9.91. The first kappa shape index (κ1) is 20.6. The van der Waals surface area contributed by atoms with E-state index in [1.165, 1.54) is 43.8 Å². The third kappa shape index (κ3) is 3.21. The smallest absolute Gasteiger partial charge is 0.264 e. The minimum Gasteiger partial charge on any atom is -0.494 e. The van der Waals surface area contributed by atoms with Crippen molar-refractivity contribution in [2.75, 3.05) is 25.6 Å². The first-order valence-electron chi connectivity index (χ1n) is 9.32. The Kier molecular flexibility index (Phi) is 5.17. The highest BCUT2D eigenvalue weighted by atomic mass is 32.2. The fourth-order valence-corrected chi connectivity index (χ4v) is 5.54. The monoisotopic (exact) mass is 431 g/mol. The molecule has 6 nitrogen and oxygen atoms in total. The van der Waals surface area contributed by atoms with E-state index in [1.54, 1.807) is 6.08 Å². The molecule has 1 aliphatic carbocycles. The normalized spacial score (nSPS) is 18.7. The molecule has 0 amide bonds. The number of allylic oxidation sites excluding steroid dienone is 1. The van der Waals surface area contributed by atoms with E-state index in [1.807, 2.05) is 30.3 Å². The Hall–Kier alpha value is -2.68. The van der Waals surface area contributed by atoms with Crippen LogP contribution in [0.25, 0.3) is 5.57 Å². The first-order valence-corrected chi connectivity index (χ1v) is 10.8.